The quantitative estimate of drug-likeness (QED) is 0.759. The summed E-state index contributed by atoms with van der Waals surface area (Å²) in [6.45, 7) is 10.5. The lowest BCUT2D eigenvalue weighted by Gasteiger charge is -2.28. The molecule has 6 nitrogen and oxygen atoms in total. The minimum atomic E-state index is -0.642. The van der Waals surface area contributed by atoms with Gasteiger partial charge in [0, 0.05) is 6.61 Å². The smallest absolute Gasteiger partial charge is 0.329 e. The molecule has 0 radical (unpaired) electrons. The lowest BCUT2D eigenvalue weighted by atomic mass is 9.99. The van der Waals surface area contributed by atoms with Crippen LogP contribution in [-0.2, 0) is 14.3 Å². The average molecular weight is 300 g/mol. The van der Waals surface area contributed by atoms with Crippen molar-refractivity contribution in [3.8, 4) is 0 Å². The zero-order chi connectivity index (χ0) is 16.0. The third-order valence-corrected chi connectivity index (χ3v) is 3.43. The SMILES string of the molecule is CC[C@H](C)[C@H](NC(=O)NC1CCOC1)C(=O)OC(C)(C)C. The molecule has 1 heterocycles. The maximum Gasteiger partial charge on any atom is 0.329 e. The van der Waals surface area contributed by atoms with Crippen LogP contribution in [0.2, 0.25) is 0 Å². The first-order chi connectivity index (χ1) is 9.73. The van der Waals surface area contributed by atoms with Crippen molar-refractivity contribution < 1.29 is 19.1 Å². The van der Waals surface area contributed by atoms with E-state index >= 15 is 0 Å². The van der Waals surface area contributed by atoms with Gasteiger partial charge in [0.15, 0.2) is 0 Å². The summed E-state index contributed by atoms with van der Waals surface area (Å²) in [5.74, 6) is -0.389. The molecule has 1 fully saturated rings. The molecule has 1 unspecified atom stereocenters. The van der Waals surface area contributed by atoms with E-state index in [0.29, 0.717) is 13.2 Å². The van der Waals surface area contributed by atoms with Crippen LogP contribution in [0.25, 0.3) is 0 Å². The Bertz CT molecular complexity index is 359. The topological polar surface area (TPSA) is 76.7 Å². The highest BCUT2D eigenvalue weighted by atomic mass is 16.6. The molecule has 0 aliphatic carbocycles. The number of amides is 2. The van der Waals surface area contributed by atoms with E-state index in [9.17, 15) is 9.59 Å². The minimum absolute atomic E-state index is 0.00503. The van der Waals surface area contributed by atoms with Gasteiger partial charge < -0.3 is 20.1 Å². The number of carbonyl (C=O) groups is 2. The Labute approximate surface area is 126 Å². The molecule has 0 spiro atoms. The molecule has 0 bridgehead atoms. The van der Waals surface area contributed by atoms with Gasteiger partial charge in [-0.3, -0.25) is 0 Å². The second kappa shape index (κ2) is 7.64. The van der Waals surface area contributed by atoms with Gasteiger partial charge in [-0.2, -0.15) is 0 Å². The lowest BCUT2D eigenvalue weighted by Crippen LogP contribution is -2.52. The van der Waals surface area contributed by atoms with Crippen molar-refractivity contribution >= 4 is 12.0 Å². The Balaban J connectivity index is 2.60. The summed E-state index contributed by atoms with van der Waals surface area (Å²) in [6, 6.07) is -0.973. The largest absolute Gasteiger partial charge is 0.458 e. The van der Waals surface area contributed by atoms with Gasteiger partial charge in [0.25, 0.3) is 0 Å². The lowest BCUT2D eigenvalue weighted by molar-refractivity contribution is -0.158. The minimum Gasteiger partial charge on any atom is -0.458 e. The molecular weight excluding hydrogens is 272 g/mol. The van der Waals surface area contributed by atoms with Crippen LogP contribution in [0.5, 0.6) is 0 Å². The molecule has 6 heteroatoms. The molecule has 1 aliphatic rings. The summed E-state index contributed by atoms with van der Waals surface area (Å²) in [4.78, 5) is 24.3. The number of carbonyl (C=O) groups excluding carboxylic acids is 2. The molecule has 0 saturated carbocycles. The van der Waals surface area contributed by atoms with Crippen LogP contribution in [0, 0.1) is 5.92 Å². The maximum atomic E-state index is 12.2. The van der Waals surface area contributed by atoms with E-state index in [-0.39, 0.29) is 18.0 Å². The molecule has 0 aromatic heterocycles. The molecule has 1 aliphatic heterocycles. The summed E-state index contributed by atoms with van der Waals surface area (Å²) in [5, 5.41) is 5.56. The van der Waals surface area contributed by atoms with Crippen molar-refractivity contribution in [2.24, 2.45) is 5.92 Å². The van der Waals surface area contributed by atoms with Gasteiger partial charge >= 0.3 is 12.0 Å². The molecule has 2 amide bonds. The molecular formula is C15H28N2O4. The number of nitrogens with one attached hydrogen (secondary N) is 2. The van der Waals surface area contributed by atoms with Crippen molar-refractivity contribution in [3.05, 3.63) is 0 Å². The number of esters is 1. The highest BCUT2D eigenvalue weighted by Gasteiger charge is 2.31. The molecule has 1 rings (SSSR count). The standard InChI is InChI=1S/C15H28N2O4/c1-6-10(2)12(13(18)21-15(3,4)5)17-14(19)16-11-7-8-20-9-11/h10-12H,6-9H2,1-5H3,(H2,16,17,19)/t10-,11?,12-/m0/s1. The van der Waals surface area contributed by atoms with E-state index in [1.807, 2.05) is 34.6 Å². The Morgan fingerprint density at radius 1 is 1.38 bits per heavy atom. The number of hydrogen-bond acceptors (Lipinski definition) is 4. The summed E-state index contributed by atoms with van der Waals surface area (Å²) in [6.07, 6.45) is 1.57. The van der Waals surface area contributed by atoms with Crippen LogP contribution in [0.15, 0.2) is 0 Å². The summed E-state index contributed by atoms with van der Waals surface area (Å²) < 4.78 is 10.6. The molecule has 122 valence electrons. The fourth-order valence-corrected chi connectivity index (χ4v) is 2.05. The monoisotopic (exact) mass is 300 g/mol. The van der Waals surface area contributed by atoms with Gasteiger partial charge in [-0.05, 0) is 33.1 Å². The van der Waals surface area contributed by atoms with E-state index in [1.54, 1.807) is 0 Å². The van der Waals surface area contributed by atoms with Crippen LogP contribution in [-0.4, -0.2) is 42.9 Å². The zero-order valence-electron chi connectivity index (χ0n) is 13.7. The second-order valence-corrected chi connectivity index (χ2v) is 6.57. The van der Waals surface area contributed by atoms with Gasteiger partial charge in [0.05, 0.1) is 12.6 Å². The van der Waals surface area contributed by atoms with E-state index < -0.39 is 17.6 Å². The third-order valence-electron chi connectivity index (χ3n) is 3.43. The van der Waals surface area contributed by atoms with Crippen molar-refractivity contribution in [1.29, 1.82) is 0 Å². The van der Waals surface area contributed by atoms with Gasteiger partial charge in [0.2, 0.25) is 0 Å². The molecule has 2 N–H and O–H groups in total. The summed E-state index contributed by atoms with van der Waals surface area (Å²) >= 11 is 0. The van der Waals surface area contributed by atoms with Crippen LogP contribution in [0.4, 0.5) is 4.79 Å². The fraction of sp³-hybridized carbons (Fsp3) is 0.867. The van der Waals surface area contributed by atoms with E-state index in [1.165, 1.54) is 0 Å². The number of urea groups is 1. The highest BCUT2D eigenvalue weighted by molar-refractivity contribution is 5.84. The van der Waals surface area contributed by atoms with E-state index in [0.717, 1.165) is 12.8 Å². The highest BCUT2D eigenvalue weighted by Crippen LogP contribution is 2.15. The number of rotatable bonds is 5. The number of ether oxygens (including phenoxy) is 2. The Morgan fingerprint density at radius 3 is 2.52 bits per heavy atom. The Morgan fingerprint density at radius 2 is 2.05 bits per heavy atom. The first-order valence-electron chi connectivity index (χ1n) is 7.60. The molecule has 0 aromatic carbocycles. The first kappa shape index (κ1) is 17.8. The van der Waals surface area contributed by atoms with Gasteiger partial charge in [-0.15, -0.1) is 0 Å². The summed E-state index contributed by atoms with van der Waals surface area (Å²) in [5.41, 5.74) is -0.569. The van der Waals surface area contributed by atoms with E-state index in [2.05, 4.69) is 10.6 Å². The molecule has 1 saturated heterocycles. The number of hydrogen-bond donors (Lipinski definition) is 2. The van der Waals surface area contributed by atoms with Crippen molar-refractivity contribution in [3.63, 3.8) is 0 Å². The molecule has 21 heavy (non-hydrogen) atoms. The van der Waals surface area contributed by atoms with Crippen LogP contribution < -0.4 is 10.6 Å². The maximum absolute atomic E-state index is 12.2. The van der Waals surface area contributed by atoms with Crippen molar-refractivity contribution in [2.45, 2.75) is 65.1 Å². The molecule has 0 aromatic rings. The molecule has 3 atom stereocenters. The van der Waals surface area contributed by atoms with Crippen LogP contribution in [0.1, 0.15) is 47.5 Å². The fourth-order valence-electron chi connectivity index (χ4n) is 2.05. The predicted octanol–water partition coefficient (Wildman–Crippen LogP) is 1.83. The predicted molar refractivity (Wildman–Crippen MR) is 80.0 cm³/mol. The average Bonchev–Trinajstić information content (AvgIpc) is 2.85. The van der Waals surface area contributed by atoms with Crippen molar-refractivity contribution in [1.82, 2.24) is 10.6 Å². The first-order valence-corrected chi connectivity index (χ1v) is 7.60. The van der Waals surface area contributed by atoms with Gasteiger partial charge in [0.1, 0.15) is 11.6 Å². The third kappa shape index (κ3) is 6.33. The van der Waals surface area contributed by atoms with Gasteiger partial charge in [-0.1, -0.05) is 20.3 Å². The summed E-state index contributed by atoms with van der Waals surface area (Å²) in [7, 11) is 0. The van der Waals surface area contributed by atoms with E-state index in [4.69, 9.17) is 9.47 Å². The zero-order valence-corrected chi connectivity index (χ0v) is 13.7. The Kier molecular flexibility index (Phi) is 6.45. The normalized spacial score (nSPS) is 21.5. The van der Waals surface area contributed by atoms with Crippen LogP contribution >= 0.6 is 0 Å². The van der Waals surface area contributed by atoms with Gasteiger partial charge in [-0.25, -0.2) is 9.59 Å². The van der Waals surface area contributed by atoms with Crippen LogP contribution in [0.3, 0.4) is 0 Å². The Hall–Kier alpha value is -1.30. The van der Waals surface area contributed by atoms with Crippen molar-refractivity contribution in [2.75, 3.05) is 13.2 Å². The second-order valence-electron chi connectivity index (χ2n) is 6.57.